The van der Waals surface area contributed by atoms with E-state index in [2.05, 4.69) is 0 Å². The van der Waals surface area contributed by atoms with Crippen LogP contribution in [0.4, 0.5) is 5.69 Å². The van der Waals surface area contributed by atoms with Gasteiger partial charge in [-0.05, 0) is 33.8 Å². The largest absolute Gasteiger partial charge is 0.336 e. The van der Waals surface area contributed by atoms with E-state index in [-0.39, 0.29) is 16.5 Å². The molecule has 1 saturated heterocycles. The van der Waals surface area contributed by atoms with Crippen molar-refractivity contribution in [2.45, 2.75) is 58.5 Å². The summed E-state index contributed by atoms with van der Waals surface area (Å²) >= 11 is 0. The van der Waals surface area contributed by atoms with Crippen molar-refractivity contribution in [2.75, 3.05) is 0 Å². The average Bonchev–Trinajstić information content (AvgIpc) is 2.56. The van der Waals surface area contributed by atoms with Gasteiger partial charge in [0.1, 0.15) is 0 Å². The highest BCUT2D eigenvalue weighted by Crippen LogP contribution is 2.53. The highest BCUT2D eigenvalue weighted by atomic mass is 16.8. The molecule has 0 amide bonds. The monoisotopic (exact) mass is 293 g/mol. The van der Waals surface area contributed by atoms with Crippen LogP contribution >= 0.6 is 0 Å². The van der Waals surface area contributed by atoms with Gasteiger partial charge in [-0.3, -0.25) is 10.1 Å². The summed E-state index contributed by atoms with van der Waals surface area (Å²) < 4.78 is 12.5. The van der Waals surface area contributed by atoms with E-state index in [1.165, 1.54) is 6.07 Å². The Labute approximate surface area is 125 Å². The van der Waals surface area contributed by atoms with E-state index in [0.717, 1.165) is 0 Å². The first-order valence-corrected chi connectivity index (χ1v) is 7.18. The summed E-state index contributed by atoms with van der Waals surface area (Å²) in [5.74, 6) is -1.18. The summed E-state index contributed by atoms with van der Waals surface area (Å²) in [4.78, 5) is 11.0. The standard InChI is InChI=1S/C16H23NO4/c1-11(2)16(20-14(3,4)15(5,6)21-16)12-9-7-8-10-13(12)17(18)19/h7-11H,1-6H3. The maximum Gasteiger partial charge on any atom is 0.278 e. The van der Waals surface area contributed by atoms with Gasteiger partial charge in [-0.25, -0.2) is 0 Å². The number of para-hydroxylation sites is 1. The van der Waals surface area contributed by atoms with Gasteiger partial charge < -0.3 is 9.47 Å². The van der Waals surface area contributed by atoms with Gasteiger partial charge in [0.2, 0.25) is 5.79 Å². The maximum absolute atomic E-state index is 11.4. The lowest BCUT2D eigenvalue weighted by atomic mass is 9.90. The van der Waals surface area contributed by atoms with Crippen LogP contribution in [0.5, 0.6) is 0 Å². The molecule has 1 fully saturated rings. The molecule has 0 radical (unpaired) electrons. The number of benzene rings is 1. The lowest BCUT2D eigenvalue weighted by molar-refractivity contribution is -0.389. The predicted octanol–water partition coefficient (Wildman–Crippen LogP) is 4.01. The molecule has 0 saturated carbocycles. The summed E-state index contributed by atoms with van der Waals surface area (Å²) in [7, 11) is 0. The number of nitrogens with zero attached hydrogens (tertiary/aromatic N) is 1. The van der Waals surface area contributed by atoms with Crippen LogP contribution in [0.1, 0.15) is 47.1 Å². The molecule has 0 spiro atoms. The van der Waals surface area contributed by atoms with Crippen molar-refractivity contribution in [3.05, 3.63) is 39.9 Å². The van der Waals surface area contributed by atoms with Crippen LogP contribution in [-0.2, 0) is 15.3 Å². The quantitative estimate of drug-likeness (QED) is 0.624. The summed E-state index contributed by atoms with van der Waals surface area (Å²) in [5.41, 5.74) is -0.606. The van der Waals surface area contributed by atoms with Crippen LogP contribution in [0.25, 0.3) is 0 Å². The maximum atomic E-state index is 11.4. The molecular formula is C16H23NO4. The third-order valence-electron chi connectivity index (χ3n) is 4.50. The fourth-order valence-corrected chi connectivity index (χ4v) is 2.61. The Morgan fingerprint density at radius 1 is 1.05 bits per heavy atom. The molecule has 0 N–H and O–H groups in total. The topological polar surface area (TPSA) is 61.6 Å². The average molecular weight is 293 g/mol. The molecule has 2 rings (SSSR count). The lowest BCUT2D eigenvalue weighted by Crippen LogP contribution is -2.41. The first-order chi connectivity index (χ1) is 9.53. The zero-order valence-corrected chi connectivity index (χ0v) is 13.5. The molecule has 116 valence electrons. The highest BCUT2D eigenvalue weighted by molar-refractivity contribution is 5.44. The minimum absolute atomic E-state index is 0.0275. The fraction of sp³-hybridized carbons (Fsp3) is 0.625. The SMILES string of the molecule is CC(C)C1(c2ccccc2[N+](=O)[O-])OC(C)(C)C(C)(C)O1. The van der Waals surface area contributed by atoms with Gasteiger partial charge in [-0.2, -0.15) is 0 Å². The summed E-state index contributed by atoms with van der Waals surface area (Å²) in [6, 6.07) is 6.64. The van der Waals surface area contributed by atoms with Crippen molar-refractivity contribution in [3.63, 3.8) is 0 Å². The molecule has 1 aliphatic heterocycles. The number of ether oxygens (including phenoxy) is 2. The number of rotatable bonds is 3. The molecule has 1 aliphatic rings. The van der Waals surface area contributed by atoms with E-state index in [9.17, 15) is 10.1 Å². The van der Waals surface area contributed by atoms with Crippen LogP contribution in [0.2, 0.25) is 0 Å². The third-order valence-corrected chi connectivity index (χ3v) is 4.50. The van der Waals surface area contributed by atoms with E-state index in [0.29, 0.717) is 5.56 Å². The normalized spacial score (nSPS) is 22.4. The molecule has 1 aromatic rings. The Morgan fingerprint density at radius 2 is 1.52 bits per heavy atom. The van der Waals surface area contributed by atoms with Gasteiger partial charge in [0.15, 0.2) is 0 Å². The van der Waals surface area contributed by atoms with Crippen LogP contribution < -0.4 is 0 Å². The van der Waals surface area contributed by atoms with Crippen LogP contribution in [0.15, 0.2) is 24.3 Å². The van der Waals surface area contributed by atoms with Crippen molar-refractivity contribution < 1.29 is 14.4 Å². The number of hydrogen-bond acceptors (Lipinski definition) is 4. The summed E-state index contributed by atoms with van der Waals surface area (Å²) in [6.07, 6.45) is 0. The third kappa shape index (κ3) is 2.34. The van der Waals surface area contributed by atoms with E-state index >= 15 is 0 Å². The Hall–Kier alpha value is -1.46. The zero-order chi connectivity index (χ0) is 16.1. The van der Waals surface area contributed by atoms with Crippen molar-refractivity contribution in [3.8, 4) is 0 Å². The van der Waals surface area contributed by atoms with E-state index in [4.69, 9.17) is 9.47 Å². The second-order valence-corrected chi connectivity index (χ2v) is 6.82. The second kappa shape index (κ2) is 4.78. The Morgan fingerprint density at radius 3 is 1.95 bits per heavy atom. The van der Waals surface area contributed by atoms with E-state index < -0.39 is 17.0 Å². The molecule has 0 aromatic heterocycles. The molecule has 0 bridgehead atoms. The molecule has 0 atom stereocenters. The number of nitro groups is 1. The number of nitro benzene ring substituents is 1. The lowest BCUT2D eigenvalue weighted by Gasteiger charge is -2.33. The first kappa shape index (κ1) is 15.9. The molecule has 1 heterocycles. The van der Waals surface area contributed by atoms with Gasteiger partial charge in [0.25, 0.3) is 5.69 Å². The van der Waals surface area contributed by atoms with Gasteiger partial charge in [-0.1, -0.05) is 26.0 Å². The highest BCUT2D eigenvalue weighted by Gasteiger charge is 2.60. The minimum Gasteiger partial charge on any atom is -0.336 e. The molecule has 5 heteroatoms. The van der Waals surface area contributed by atoms with Gasteiger partial charge in [0, 0.05) is 12.0 Å². The van der Waals surface area contributed by atoms with Gasteiger partial charge in [-0.15, -0.1) is 0 Å². The van der Waals surface area contributed by atoms with Crippen LogP contribution in [-0.4, -0.2) is 16.1 Å². The Bertz CT molecular complexity index is 547. The molecule has 0 unspecified atom stereocenters. The summed E-state index contributed by atoms with van der Waals surface area (Å²) in [6.45, 7) is 11.7. The zero-order valence-electron chi connectivity index (χ0n) is 13.5. The Kier molecular flexibility index (Phi) is 3.62. The van der Waals surface area contributed by atoms with Crippen molar-refractivity contribution >= 4 is 5.69 Å². The van der Waals surface area contributed by atoms with Gasteiger partial charge in [0.05, 0.1) is 21.7 Å². The van der Waals surface area contributed by atoms with Crippen molar-refractivity contribution in [1.82, 2.24) is 0 Å². The Balaban J connectivity index is 2.65. The van der Waals surface area contributed by atoms with Crippen molar-refractivity contribution in [2.24, 2.45) is 5.92 Å². The molecule has 21 heavy (non-hydrogen) atoms. The molecular weight excluding hydrogens is 270 g/mol. The van der Waals surface area contributed by atoms with E-state index in [1.54, 1.807) is 18.2 Å². The predicted molar refractivity (Wildman–Crippen MR) is 79.9 cm³/mol. The molecule has 5 nitrogen and oxygen atoms in total. The van der Waals surface area contributed by atoms with Gasteiger partial charge >= 0.3 is 0 Å². The van der Waals surface area contributed by atoms with E-state index in [1.807, 2.05) is 41.5 Å². The van der Waals surface area contributed by atoms with Crippen molar-refractivity contribution in [1.29, 1.82) is 0 Å². The number of hydrogen-bond donors (Lipinski definition) is 0. The second-order valence-electron chi connectivity index (χ2n) is 6.82. The smallest absolute Gasteiger partial charge is 0.278 e. The minimum atomic E-state index is -1.11. The van der Waals surface area contributed by atoms with Crippen LogP contribution in [0, 0.1) is 16.0 Å². The molecule has 1 aromatic carbocycles. The summed E-state index contributed by atoms with van der Waals surface area (Å²) in [5, 5.41) is 11.4. The first-order valence-electron chi connectivity index (χ1n) is 7.18. The van der Waals surface area contributed by atoms with Crippen LogP contribution in [0.3, 0.4) is 0 Å². The molecule has 0 aliphatic carbocycles. The fourth-order valence-electron chi connectivity index (χ4n) is 2.61.